The number of esters is 1. The molecule has 3 aliphatic rings. The van der Waals surface area contributed by atoms with Crippen LogP contribution < -0.4 is 5.32 Å². The number of rotatable bonds is 2. The van der Waals surface area contributed by atoms with Crippen molar-refractivity contribution in [2.24, 2.45) is 0 Å². The molecular weight excluding hydrogens is 441 g/mol. The summed E-state index contributed by atoms with van der Waals surface area (Å²) in [4.78, 5) is 25.7. The number of carbonyl (C=O) groups excluding carboxylic acids is 2. The van der Waals surface area contributed by atoms with Gasteiger partial charge in [-0.05, 0) is 39.2 Å². The van der Waals surface area contributed by atoms with Crippen molar-refractivity contribution in [3.8, 4) is 0 Å². The number of Topliss-reactive ketones (excluding diaryl/α,β-unsaturated/α-hetero) is 1. The van der Waals surface area contributed by atoms with Gasteiger partial charge in [-0.3, -0.25) is 4.79 Å². The fraction of sp³-hybridized carbons (Fsp3) is 0.182. The van der Waals surface area contributed by atoms with E-state index in [-0.39, 0.29) is 23.5 Å². The zero-order valence-electron chi connectivity index (χ0n) is 15.1. The molecule has 3 aliphatic heterocycles. The molecule has 0 fully saturated rings. The maximum atomic E-state index is 13.8. The molecule has 146 valence electrons. The van der Waals surface area contributed by atoms with Gasteiger partial charge in [0.15, 0.2) is 11.9 Å². The van der Waals surface area contributed by atoms with Gasteiger partial charge < -0.3 is 14.8 Å². The average Bonchev–Trinajstić information content (AvgIpc) is 3.06. The van der Waals surface area contributed by atoms with Gasteiger partial charge in [-0.1, -0.05) is 36.4 Å². The van der Waals surface area contributed by atoms with Crippen LogP contribution in [0.3, 0.4) is 0 Å². The Morgan fingerprint density at radius 2 is 1.79 bits per heavy atom. The summed E-state index contributed by atoms with van der Waals surface area (Å²) in [5.41, 5.74) is 3.53. The van der Waals surface area contributed by atoms with Crippen molar-refractivity contribution in [2.75, 3.05) is 13.2 Å². The summed E-state index contributed by atoms with van der Waals surface area (Å²) in [7, 11) is 0. The lowest BCUT2D eigenvalue weighted by Gasteiger charge is -2.32. The minimum absolute atomic E-state index is 0.0564. The number of hydrogen-bond donors (Lipinski definition) is 1. The molecule has 0 spiro atoms. The highest BCUT2D eigenvalue weighted by Gasteiger charge is 2.47. The SMILES string of the molecule is O=C1COCC2=C1[C@@H](c1ccc(F)c(Br)c1)C1=C(N2)[C@H](c2ccccc2)OC1=O. The smallest absolute Gasteiger partial charge is 0.337 e. The quantitative estimate of drug-likeness (QED) is 0.699. The van der Waals surface area contributed by atoms with E-state index in [1.54, 1.807) is 12.1 Å². The Balaban J connectivity index is 1.70. The van der Waals surface area contributed by atoms with Crippen LogP contribution >= 0.6 is 15.9 Å². The Hall–Kier alpha value is -2.77. The molecule has 2 aromatic carbocycles. The maximum absolute atomic E-state index is 13.8. The third-order valence-electron chi connectivity index (χ3n) is 5.34. The lowest BCUT2D eigenvalue weighted by atomic mass is 9.78. The molecule has 0 aliphatic carbocycles. The number of nitrogens with one attached hydrogen (secondary N) is 1. The summed E-state index contributed by atoms with van der Waals surface area (Å²) in [6.45, 7) is 0.172. The summed E-state index contributed by atoms with van der Waals surface area (Å²) >= 11 is 3.20. The highest BCUT2D eigenvalue weighted by molar-refractivity contribution is 9.10. The Labute approximate surface area is 174 Å². The zero-order valence-corrected chi connectivity index (χ0v) is 16.7. The number of hydrogen-bond acceptors (Lipinski definition) is 5. The number of dihydropyridines is 1. The molecule has 1 N–H and O–H groups in total. The second-order valence-electron chi connectivity index (χ2n) is 7.06. The lowest BCUT2D eigenvalue weighted by Crippen LogP contribution is -2.37. The molecule has 5 nitrogen and oxygen atoms in total. The molecule has 0 saturated heterocycles. The fourth-order valence-corrected chi connectivity index (χ4v) is 4.49. The number of cyclic esters (lactones) is 1. The van der Waals surface area contributed by atoms with E-state index in [1.807, 2.05) is 30.3 Å². The van der Waals surface area contributed by atoms with Crippen LogP contribution in [-0.4, -0.2) is 25.0 Å². The molecule has 0 radical (unpaired) electrons. The molecule has 0 amide bonds. The molecule has 0 aromatic heterocycles. The van der Waals surface area contributed by atoms with Gasteiger partial charge in [0.2, 0.25) is 0 Å². The first-order valence-electron chi connectivity index (χ1n) is 9.10. The first-order chi connectivity index (χ1) is 14.0. The van der Waals surface area contributed by atoms with Crippen molar-refractivity contribution in [1.29, 1.82) is 0 Å². The molecule has 0 bridgehead atoms. The second-order valence-corrected chi connectivity index (χ2v) is 7.92. The van der Waals surface area contributed by atoms with Crippen molar-refractivity contribution in [2.45, 2.75) is 12.0 Å². The fourth-order valence-electron chi connectivity index (χ4n) is 4.09. The van der Waals surface area contributed by atoms with Crippen LogP contribution in [-0.2, 0) is 19.1 Å². The van der Waals surface area contributed by atoms with E-state index < -0.39 is 23.8 Å². The van der Waals surface area contributed by atoms with Gasteiger partial charge in [-0.2, -0.15) is 0 Å². The van der Waals surface area contributed by atoms with E-state index in [2.05, 4.69) is 21.2 Å². The average molecular weight is 456 g/mol. The van der Waals surface area contributed by atoms with E-state index in [1.165, 1.54) is 6.07 Å². The molecule has 2 aromatic rings. The van der Waals surface area contributed by atoms with Crippen molar-refractivity contribution < 1.29 is 23.5 Å². The predicted molar refractivity (Wildman–Crippen MR) is 105 cm³/mol. The Bertz CT molecular complexity index is 1110. The number of ketones is 1. The van der Waals surface area contributed by atoms with E-state index in [4.69, 9.17) is 9.47 Å². The van der Waals surface area contributed by atoms with E-state index in [0.717, 1.165) is 5.56 Å². The van der Waals surface area contributed by atoms with Gasteiger partial charge in [0.05, 0.1) is 22.3 Å². The van der Waals surface area contributed by atoms with Crippen LogP contribution in [0, 0.1) is 5.82 Å². The van der Waals surface area contributed by atoms with Gasteiger partial charge in [0.25, 0.3) is 0 Å². The third-order valence-corrected chi connectivity index (χ3v) is 5.95. The molecule has 29 heavy (non-hydrogen) atoms. The standard InChI is InChI=1S/C22H15BrFNO4/c23-13-8-12(6-7-14(13)24)17-18-15(9-28-10-16(18)26)25-20-19(17)22(27)29-21(20)11-4-2-1-3-5-11/h1-8,17,21,25H,9-10H2/t17-,21+/m1/s1. The molecule has 0 unspecified atom stereocenters. The van der Waals surface area contributed by atoms with E-state index in [0.29, 0.717) is 28.1 Å². The molecule has 5 rings (SSSR count). The molecular formula is C22H15BrFNO4. The summed E-state index contributed by atoms with van der Waals surface area (Å²) in [5, 5.41) is 3.23. The van der Waals surface area contributed by atoms with Gasteiger partial charge in [0, 0.05) is 17.2 Å². The highest BCUT2D eigenvalue weighted by Crippen LogP contribution is 2.48. The number of benzene rings is 2. The topological polar surface area (TPSA) is 64.6 Å². The third kappa shape index (κ3) is 2.92. The van der Waals surface area contributed by atoms with Gasteiger partial charge in [-0.15, -0.1) is 0 Å². The summed E-state index contributed by atoms with van der Waals surface area (Å²) in [6, 6.07) is 13.9. The van der Waals surface area contributed by atoms with Crippen LogP contribution in [0.4, 0.5) is 4.39 Å². The number of carbonyl (C=O) groups is 2. The molecule has 7 heteroatoms. The summed E-state index contributed by atoms with van der Waals surface area (Å²) in [5.74, 6) is -1.75. The Morgan fingerprint density at radius 3 is 2.55 bits per heavy atom. The minimum atomic E-state index is -0.643. The monoisotopic (exact) mass is 455 g/mol. The van der Waals surface area contributed by atoms with Crippen molar-refractivity contribution in [1.82, 2.24) is 5.32 Å². The second kappa shape index (κ2) is 6.93. The first kappa shape index (κ1) is 18.3. The highest BCUT2D eigenvalue weighted by atomic mass is 79.9. The van der Waals surface area contributed by atoms with Crippen LogP contribution in [0.1, 0.15) is 23.1 Å². The Morgan fingerprint density at radius 1 is 1.00 bits per heavy atom. The maximum Gasteiger partial charge on any atom is 0.337 e. The van der Waals surface area contributed by atoms with Crippen molar-refractivity contribution in [3.05, 3.63) is 92.5 Å². The molecule has 3 heterocycles. The zero-order chi connectivity index (χ0) is 20.1. The molecule has 2 atom stereocenters. The van der Waals surface area contributed by atoms with E-state index >= 15 is 0 Å². The van der Waals surface area contributed by atoms with Gasteiger partial charge in [-0.25, -0.2) is 9.18 Å². The molecule has 0 saturated carbocycles. The van der Waals surface area contributed by atoms with Crippen molar-refractivity contribution in [3.63, 3.8) is 0 Å². The Kier molecular flexibility index (Phi) is 4.37. The minimum Gasteiger partial charge on any atom is -0.448 e. The lowest BCUT2D eigenvalue weighted by molar-refractivity contribution is -0.140. The van der Waals surface area contributed by atoms with Crippen LogP contribution in [0.15, 0.2) is 75.5 Å². The predicted octanol–water partition coefficient (Wildman–Crippen LogP) is 3.68. The number of ether oxygens (including phenoxy) is 2. The van der Waals surface area contributed by atoms with Crippen molar-refractivity contribution >= 4 is 27.7 Å². The van der Waals surface area contributed by atoms with Crippen LogP contribution in [0.5, 0.6) is 0 Å². The van der Waals surface area contributed by atoms with E-state index in [9.17, 15) is 14.0 Å². The van der Waals surface area contributed by atoms with Gasteiger partial charge >= 0.3 is 5.97 Å². The largest absolute Gasteiger partial charge is 0.448 e. The van der Waals surface area contributed by atoms with Gasteiger partial charge in [0.1, 0.15) is 12.4 Å². The van der Waals surface area contributed by atoms with Crippen LogP contribution in [0.2, 0.25) is 0 Å². The summed E-state index contributed by atoms with van der Waals surface area (Å²) < 4.78 is 25.2. The normalized spacial score (nSPS) is 23.5. The summed E-state index contributed by atoms with van der Waals surface area (Å²) in [6.07, 6.45) is -0.601. The van der Waals surface area contributed by atoms with Crippen LogP contribution in [0.25, 0.3) is 0 Å². The first-order valence-corrected chi connectivity index (χ1v) is 9.90. The number of halogens is 2.